The van der Waals surface area contributed by atoms with Crippen LogP contribution in [0.1, 0.15) is 49.4 Å². The van der Waals surface area contributed by atoms with E-state index in [2.05, 4.69) is 6.92 Å². The van der Waals surface area contributed by atoms with Crippen molar-refractivity contribution in [2.45, 2.75) is 45.1 Å². The van der Waals surface area contributed by atoms with Crippen molar-refractivity contribution >= 4 is 11.7 Å². The molecule has 104 valence electrons. The highest BCUT2D eigenvalue weighted by Crippen LogP contribution is 2.31. The second kappa shape index (κ2) is 5.95. The summed E-state index contributed by atoms with van der Waals surface area (Å²) in [6, 6.07) is 4.71. The van der Waals surface area contributed by atoms with Gasteiger partial charge in [0.1, 0.15) is 11.3 Å². The molecule has 1 aliphatic carbocycles. The van der Waals surface area contributed by atoms with Crippen LogP contribution in [0.5, 0.6) is 5.75 Å². The number of nitrogens with two attached hydrogens (primary N) is 1. The fourth-order valence-electron chi connectivity index (χ4n) is 2.71. The van der Waals surface area contributed by atoms with Crippen molar-refractivity contribution in [1.82, 2.24) is 0 Å². The van der Waals surface area contributed by atoms with Gasteiger partial charge in [-0.15, -0.1) is 0 Å². The van der Waals surface area contributed by atoms with Crippen LogP contribution in [0.15, 0.2) is 18.2 Å². The van der Waals surface area contributed by atoms with Gasteiger partial charge in [0.25, 0.3) is 0 Å². The van der Waals surface area contributed by atoms with Gasteiger partial charge in [0.2, 0.25) is 0 Å². The summed E-state index contributed by atoms with van der Waals surface area (Å²) in [4.78, 5) is 11.2. The van der Waals surface area contributed by atoms with Crippen molar-refractivity contribution in [3.05, 3.63) is 23.8 Å². The maximum Gasteiger partial charge on any atom is 0.339 e. The number of aromatic carboxylic acids is 1. The number of hydrogen-bond acceptors (Lipinski definition) is 3. The van der Waals surface area contributed by atoms with E-state index < -0.39 is 5.97 Å². The van der Waals surface area contributed by atoms with Gasteiger partial charge in [0.05, 0.1) is 6.10 Å². The minimum atomic E-state index is -0.974. The normalized spacial score (nSPS) is 23.0. The standard InChI is InChI=1S/C15H21NO3/c1-2-10-4-3-5-12(8-10)19-14-9-11(16)6-7-13(14)15(17)18/h6-7,9-10,12H,2-5,8,16H2,1H3,(H,17,18). The molecular weight excluding hydrogens is 242 g/mol. The molecule has 2 unspecified atom stereocenters. The molecule has 2 rings (SSSR count). The number of benzene rings is 1. The van der Waals surface area contributed by atoms with Crippen LogP contribution >= 0.6 is 0 Å². The molecule has 19 heavy (non-hydrogen) atoms. The first-order chi connectivity index (χ1) is 9.10. The molecule has 1 saturated carbocycles. The fraction of sp³-hybridized carbons (Fsp3) is 0.533. The molecule has 4 nitrogen and oxygen atoms in total. The van der Waals surface area contributed by atoms with Gasteiger partial charge in [-0.3, -0.25) is 0 Å². The Bertz CT molecular complexity index is 459. The van der Waals surface area contributed by atoms with Crippen molar-refractivity contribution in [2.75, 3.05) is 5.73 Å². The summed E-state index contributed by atoms with van der Waals surface area (Å²) in [5.74, 6) is 0.111. The highest BCUT2D eigenvalue weighted by molar-refractivity contribution is 5.91. The SMILES string of the molecule is CCC1CCCC(Oc2cc(N)ccc2C(=O)O)C1. The van der Waals surface area contributed by atoms with Crippen molar-refractivity contribution in [2.24, 2.45) is 5.92 Å². The lowest BCUT2D eigenvalue weighted by molar-refractivity contribution is 0.0682. The maximum atomic E-state index is 11.2. The summed E-state index contributed by atoms with van der Waals surface area (Å²) in [5.41, 5.74) is 6.43. The summed E-state index contributed by atoms with van der Waals surface area (Å²) in [7, 11) is 0. The Morgan fingerprint density at radius 3 is 2.95 bits per heavy atom. The van der Waals surface area contributed by atoms with E-state index >= 15 is 0 Å². The lowest BCUT2D eigenvalue weighted by atomic mass is 9.85. The number of carboxylic acids is 1. The summed E-state index contributed by atoms with van der Waals surface area (Å²) < 4.78 is 5.90. The van der Waals surface area contributed by atoms with Gasteiger partial charge >= 0.3 is 5.97 Å². The van der Waals surface area contributed by atoms with Crippen molar-refractivity contribution in [1.29, 1.82) is 0 Å². The molecule has 3 N–H and O–H groups in total. The van der Waals surface area contributed by atoms with E-state index in [0.29, 0.717) is 17.4 Å². The van der Waals surface area contributed by atoms with Gasteiger partial charge in [0.15, 0.2) is 0 Å². The Morgan fingerprint density at radius 1 is 1.47 bits per heavy atom. The van der Waals surface area contributed by atoms with E-state index in [0.717, 1.165) is 25.7 Å². The summed E-state index contributed by atoms with van der Waals surface area (Å²) in [5, 5.41) is 9.16. The molecule has 1 aromatic carbocycles. The first kappa shape index (κ1) is 13.7. The van der Waals surface area contributed by atoms with Crippen LogP contribution in [0, 0.1) is 5.92 Å². The van der Waals surface area contributed by atoms with Gasteiger partial charge in [-0.05, 0) is 37.3 Å². The van der Waals surface area contributed by atoms with Crippen LogP contribution in [-0.4, -0.2) is 17.2 Å². The number of rotatable bonds is 4. The van der Waals surface area contributed by atoms with Crippen LogP contribution in [0.4, 0.5) is 5.69 Å². The van der Waals surface area contributed by atoms with E-state index in [1.165, 1.54) is 12.5 Å². The van der Waals surface area contributed by atoms with E-state index in [4.69, 9.17) is 15.6 Å². The van der Waals surface area contributed by atoms with Gasteiger partial charge in [-0.2, -0.15) is 0 Å². The van der Waals surface area contributed by atoms with Crippen molar-refractivity contribution in [3.8, 4) is 5.75 Å². The number of carbonyl (C=O) groups is 1. The zero-order valence-electron chi connectivity index (χ0n) is 11.3. The number of ether oxygens (including phenoxy) is 1. The Balaban J connectivity index is 2.13. The molecule has 0 amide bonds. The smallest absolute Gasteiger partial charge is 0.339 e. The topological polar surface area (TPSA) is 72.5 Å². The molecule has 0 radical (unpaired) electrons. The molecule has 0 spiro atoms. The summed E-state index contributed by atoms with van der Waals surface area (Å²) in [6.07, 6.45) is 5.66. The largest absolute Gasteiger partial charge is 0.489 e. The first-order valence-corrected chi connectivity index (χ1v) is 6.89. The van der Waals surface area contributed by atoms with Crippen LogP contribution in [-0.2, 0) is 0 Å². The highest BCUT2D eigenvalue weighted by Gasteiger charge is 2.23. The molecule has 1 aromatic rings. The molecular formula is C15H21NO3. The molecule has 1 fully saturated rings. The van der Waals surface area contributed by atoms with E-state index in [-0.39, 0.29) is 11.7 Å². The van der Waals surface area contributed by atoms with Gasteiger partial charge in [-0.1, -0.05) is 19.8 Å². The lowest BCUT2D eigenvalue weighted by Crippen LogP contribution is -2.25. The minimum absolute atomic E-state index is 0.110. The number of nitrogen functional groups attached to an aromatic ring is 1. The predicted molar refractivity (Wildman–Crippen MR) is 74.5 cm³/mol. The Hall–Kier alpha value is -1.71. The third-order valence-electron chi connectivity index (χ3n) is 3.84. The second-order valence-corrected chi connectivity index (χ2v) is 5.24. The van der Waals surface area contributed by atoms with Crippen LogP contribution in [0.2, 0.25) is 0 Å². The Kier molecular flexibility index (Phi) is 4.30. The Morgan fingerprint density at radius 2 is 2.26 bits per heavy atom. The van der Waals surface area contributed by atoms with E-state index in [1.54, 1.807) is 12.1 Å². The van der Waals surface area contributed by atoms with Crippen molar-refractivity contribution < 1.29 is 14.6 Å². The minimum Gasteiger partial charge on any atom is -0.489 e. The third kappa shape index (κ3) is 3.40. The lowest BCUT2D eigenvalue weighted by Gasteiger charge is -2.29. The third-order valence-corrected chi connectivity index (χ3v) is 3.84. The Labute approximate surface area is 113 Å². The first-order valence-electron chi connectivity index (χ1n) is 6.89. The molecule has 0 bridgehead atoms. The molecule has 0 aromatic heterocycles. The van der Waals surface area contributed by atoms with Crippen LogP contribution < -0.4 is 10.5 Å². The summed E-state index contributed by atoms with van der Waals surface area (Å²) in [6.45, 7) is 2.19. The monoisotopic (exact) mass is 263 g/mol. The van der Waals surface area contributed by atoms with Gasteiger partial charge in [0, 0.05) is 11.8 Å². The average Bonchev–Trinajstić information content (AvgIpc) is 2.38. The quantitative estimate of drug-likeness (QED) is 0.817. The number of anilines is 1. The number of carboxylic acid groups (broad SMARTS) is 1. The maximum absolute atomic E-state index is 11.2. The predicted octanol–water partition coefficient (Wildman–Crippen LogP) is 3.31. The zero-order valence-corrected chi connectivity index (χ0v) is 11.3. The molecule has 0 heterocycles. The van der Waals surface area contributed by atoms with E-state index in [9.17, 15) is 4.79 Å². The van der Waals surface area contributed by atoms with Crippen LogP contribution in [0.25, 0.3) is 0 Å². The van der Waals surface area contributed by atoms with Gasteiger partial charge in [-0.25, -0.2) is 4.79 Å². The van der Waals surface area contributed by atoms with Gasteiger partial charge < -0.3 is 15.6 Å². The number of hydrogen-bond donors (Lipinski definition) is 2. The second-order valence-electron chi connectivity index (χ2n) is 5.24. The summed E-state index contributed by atoms with van der Waals surface area (Å²) >= 11 is 0. The molecule has 0 aliphatic heterocycles. The highest BCUT2D eigenvalue weighted by atomic mass is 16.5. The molecule has 4 heteroatoms. The van der Waals surface area contributed by atoms with Crippen LogP contribution in [0.3, 0.4) is 0 Å². The fourth-order valence-corrected chi connectivity index (χ4v) is 2.71. The zero-order chi connectivity index (χ0) is 13.8. The molecule has 0 saturated heterocycles. The average molecular weight is 263 g/mol. The van der Waals surface area contributed by atoms with Crippen molar-refractivity contribution in [3.63, 3.8) is 0 Å². The molecule has 1 aliphatic rings. The van der Waals surface area contributed by atoms with E-state index in [1.807, 2.05) is 0 Å². The molecule has 2 atom stereocenters.